The maximum absolute atomic E-state index is 12.5. The van der Waals surface area contributed by atoms with E-state index in [1.54, 1.807) is 11.3 Å². The highest BCUT2D eigenvalue weighted by Crippen LogP contribution is 2.44. The topological polar surface area (TPSA) is 117 Å². The molecule has 0 aromatic carbocycles. The van der Waals surface area contributed by atoms with E-state index in [2.05, 4.69) is 46.2 Å². The smallest absolute Gasteiger partial charge is 0.315 e. The number of nitrogens with zero attached hydrogens (tertiary/aromatic N) is 4. The summed E-state index contributed by atoms with van der Waals surface area (Å²) < 4.78 is 1.16. The molecule has 0 saturated heterocycles. The molecule has 3 saturated carbocycles. The molecule has 3 fully saturated rings. The largest absolute Gasteiger partial charge is 0.366 e. The van der Waals surface area contributed by atoms with Crippen LogP contribution in [0, 0.1) is 12.8 Å². The van der Waals surface area contributed by atoms with Crippen molar-refractivity contribution >= 4 is 39.4 Å². The van der Waals surface area contributed by atoms with Crippen molar-refractivity contribution in [3.05, 3.63) is 23.7 Å². The molecule has 0 spiro atoms. The van der Waals surface area contributed by atoms with Crippen LogP contribution in [0.1, 0.15) is 89.9 Å². The number of hydrogen-bond donors (Lipinski definition) is 4. The predicted octanol–water partition coefficient (Wildman–Crippen LogP) is 5.98. The lowest BCUT2D eigenvalue weighted by Crippen LogP contribution is -2.49. The van der Waals surface area contributed by atoms with E-state index in [-0.39, 0.29) is 23.7 Å². The molecule has 3 heterocycles. The van der Waals surface area contributed by atoms with Crippen LogP contribution in [0.15, 0.2) is 12.3 Å². The summed E-state index contributed by atoms with van der Waals surface area (Å²) in [7, 11) is 0. The van der Waals surface area contributed by atoms with Gasteiger partial charge in [0.15, 0.2) is 0 Å². The van der Waals surface area contributed by atoms with Gasteiger partial charge in [0, 0.05) is 35.8 Å². The number of amides is 2. The Morgan fingerprint density at radius 2 is 1.82 bits per heavy atom. The maximum atomic E-state index is 12.5. The van der Waals surface area contributed by atoms with Gasteiger partial charge >= 0.3 is 6.03 Å². The van der Waals surface area contributed by atoms with Crippen molar-refractivity contribution in [1.82, 2.24) is 30.6 Å². The zero-order valence-corrected chi connectivity index (χ0v) is 24.4. The Balaban J connectivity index is 1.27. The third kappa shape index (κ3) is 6.10. The van der Waals surface area contributed by atoms with Crippen LogP contribution < -0.4 is 21.3 Å². The van der Waals surface area contributed by atoms with Crippen molar-refractivity contribution in [2.24, 2.45) is 5.92 Å². The maximum Gasteiger partial charge on any atom is 0.315 e. The molecule has 2 amide bonds. The van der Waals surface area contributed by atoms with Crippen LogP contribution in [0.5, 0.6) is 0 Å². The molecule has 3 atom stereocenters. The van der Waals surface area contributed by atoms with Crippen molar-refractivity contribution in [2.45, 2.75) is 109 Å². The fourth-order valence-electron chi connectivity index (χ4n) is 5.55. The van der Waals surface area contributed by atoms with Crippen molar-refractivity contribution in [3.8, 4) is 10.6 Å². The second kappa shape index (κ2) is 10.2. The number of nitrogens with one attached hydrogen (secondary N) is 4. The number of aromatic nitrogens is 4. The zero-order valence-electron chi connectivity index (χ0n) is 23.6. The number of fused-ring (bicyclic) bond motifs is 1. The van der Waals surface area contributed by atoms with E-state index >= 15 is 0 Å². The van der Waals surface area contributed by atoms with Gasteiger partial charge in [-0.1, -0.05) is 0 Å². The molecule has 9 nitrogen and oxygen atoms in total. The SMILES string of the molecule is Cc1nc(NC(C)C2CC2)nc(NC2CCC(NC(=O)NC(C)(C)C)C2)c1-c1nc2c(C3CC3)nccc2s1. The summed E-state index contributed by atoms with van der Waals surface area (Å²) >= 11 is 1.69. The lowest BCUT2D eigenvalue weighted by Gasteiger charge is -2.23. The van der Waals surface area contributed by atoms with Gasteiger partial charge in [-0.05, 0) is 91.5 Å². The Morgan fingerprint density at radius 3 is 2.54 bits per heavy atom. The molecule has 0 aliphatic heterocycles. The highest BCUT2D eigenvalue weighted by atomic mass is 32.1. The second-order valence-corrected chi connectivity index (χ2v) is 13.7. The van der Waals surface area contributed by atoms with Gasteiger partial charge in [0.1, 0.15) is 16.3 Å². The molecule has 6 rings (SSSR count). The van der Waals surface area contributed by atoms with Crippen LogP contribution in [0.3, 0.4) is 0 Å². The summed E-state index contributed by atoms with van der Waals surface area (Å²) in [4.78, 5) is 32.1. The zero-order chi connectivity index (χ0) is 27.3. The highest BCUT2D eigenvalue weighted by molar-refractivity contribution is 7.21. The van der Waals surface area contributed by atoms with Gasteiger partial charge in [-0.15, -0.1) is 11.3 Å². The summed E-state index contributed by atoms with van der Waals surface area (Å²) in [6.07, 6.45) is 9.55. The molecule has 3 aromatic heterocycles. The molecular formula is C29H40N8OS. The Kier molecular flexibility index (Phi) is 6.85. The van der Waals surface area contributed by atoms with Gasteiger partial charge in [0.25, 0.3) is 0 Å². The average molecular weight is 549 g/mol. The molecule has 4 N–H and O–H groups in total. The summed E-state index contributed by atoms with van der Waals surface area (Å²) in [5.74, 6) is 2.71. The summed E-state index contributed by atoms with van der Waals surface area (Å²) in [5.41, 5.74) is 3.75. The van der Waals surface area contributed by atoms with E-state index in [0.717, 1.165) is 57.3 Å². The normalized spacial score (nSPS) is 22.1. The lowest BCUT2D eigenvalue weighted by atomic mass is 10.1. The molecule has 3 aromatic rings. The molecule has 0 radical (unpaired) electrons. The second-order valence-electron chi connectivity index (χ2n) is 12.7. The van der Waals surface area contributed by atoms with Crippen LogP contribution in [0.4, 0.5) is 16.6 Å². The van der Waals surface area contributed by atoms with Crippen molar-refractivity contribution in [3.63, 3.8) is 0 Å². The van der Waals surface area contributed by atoms with Crippen LogP contribution in [-0.2, 0) is 0 Å². The van der Waals surface area contributed by atoms with E-state index in [9.17, 15) is 4.79 Å². The minimum Gasteiger partial charge on any atom is -0.366 e. The fourth-order valence-corrected chi connectivity index (χ4v) is 6.62. The standard InChI is InChI=1S/C29H40N8OS/c1-15(17-6-7-17)31-27-32-16(2)22(26-35-24-21(39-26)12-13-30-23(24)18-8-9-18)25(36-27)33-19-10-11-20(14-19)34-28(38)37-29(3,4)5/h12-13,15,17-20H,6-11,14H2,1-5H3,(H2,34,37,38)(H2,31,32,33,36). The number of carbonyl (C=O) groups is 1. The van der Waals surface area contributed by atoms with Crippen LogP contribution in [-0.4, -0.2) is 49.6 Å². The number of urea groups is 1. The molecule has 39 heavy (non-hydrogen) atoms. The first-order chi connectivity index (χ1) is 18.6. The molecular weight excluding hydrogens is 508 g/mol. The number of pyridine rings is 1. The number of anilines is 2. The van der Waals surface area contributed by atoms with E-state index < -0.39 is 0 Å². The van der Waals surface area contributed by atoms with Crippen LogP contribution in [0.25, 0.3) is 20.8 Å². The Labute approximate surface area is 234 Å². The van der Waals surface area contributed by atoms with Gasteiger partial charge in [0.05, 0.1) is 21.7 Å². The molecule has 0 bridgehead atoms. The van der Waals surface area contributed by atoms with Crippen molar-refractivity contribution < 1.29 is 4.79 Å². The first-order valence-corrected chi connectivity index (χ1v) is 15.2. The number of rotatable bonds is 8. The molecule has 3 aliphatic carbocycles. The minimum atomic E-state index is -0.263. The average Bonchev–Trinajstić information content (AvgIpc) is 3.77. The third-order valence-electron chi connectivity index (χ3n) is 7.89. The number of aryl methyl sites for hydroxylation is 1. The van der Waals surface area contributed by atoms with Crippen molar-refractivity contribution in [1.29, 1.82) is 0 Å². The minimum absolute atomic E-state index is 0.109. The first-order valence-electron chi connectivity index (χ1n) is 14.4. The third-order valence-corrected chi connectivity index (χ3v) is 8.92. The quantitative estimate of drug-likeness (QED) is 0.274. The van der Waals surface area contributed by atoms with Gasteiger partial charge in [0.2, 0.25) is 5.95 Å². The Hall–Kier alpha value is -3.01. The van der Waals surface area contributed by atoms with Gasteiger partial charge in [-0.2, -0.15) is 4.98 Å². The fraction of sp³-hybridized carbons (Fsp3) is 0.621. The highest BCUT2D eigenvalue weighted by Gasteiger charge is 2.32. The lowest BCUT2D eigenvalue weighted by molar-refractivity contribution is 0.228. The van der Waals surface area contributed by atoms with Crippen molar-refractivity contribution in [2.75, 3.05) is 10.6 Å². The van der Waals surface area contributed by atoms with Gasteiger partial charge < -0.3 is 21.3 Å². The molecule has 10 heteroatoms. The Bertz CT molecular complexity index is 1370. The van der Waals surface area contributed by atoms with E-state index in [1.165, 1.54) is 25.7 Å². The summed E-state index contributed by atoms with van der Waals surface area (Å²) in [5, 5.41) is 14.4. The summed E-state index contributed by atoms with van der Waals surface area (Å²) in [6, 6.07) is 2.62. The van der Waals surface area contributed by atoms with Gasteiger partial charge in [-0.25, -0.2) is 14.8 Å². The Morgan fingerprint density at radius 1 is 1.05 bits per heavy atom. The number of hydrogen-bond acceptors (Lipinski definition) is 8. The van der Waals surface area contributed by atoms with E-state index in [1.807, 2.05) is 27.0 Å². The van der Waals surface area contributed by atoms with E-state index in [4.69, 9.17) is 15.0 Å². The molecule has 3 unspecified atom stereocenters. The molecule has 208 valence electrons. The van der Waals surface area contributed by atoms with Gasteiger partial charge in [-0.3, -0.25) is 4.98 Å². The summed E-state index contributed by atoms with van der Waals surface area (Å²) in [6.45, 7) is 10.2. The van der Waals surface area contributed by atoms with E-state index in [0.29, 0.717) is 23.8 Å². The molecule has 3 aliphatic rings. The first kappa shape index (κ1) is 26.2. The number of thiazole rings is 1. The number of carbonyl (C=O) groups excluding carboxylic acids is 1. The monoisotopic (exact) mass is 548 g/mol. The van der Waals surface area contributed by atoms with Crippen LogP contribution >= 0.6 is 11.3 Å². The van der Waals surface area contributed by atoms with Crippen LogP contribution in [0.2, 0.25) is 0 Å². The predicted molar refractivity (Wildman–Crippen MR) is 157 cm³/mol.